The molecule has 0 aromatic rings. The fourth-order valence-corrected chi connectivity index (χ4v) is 2.15. The molecule has 1 fully saturated rings. The molecule has 2 amide bonds. The highest BCUT2D eigenvalue weighted by molar-refractivity contribution is 5.86. The van der Waals surface area contributed by atoms with Crippen molar-refractivity contribution < 1.29 is 14.3 Å². The number of carbonyl (C=O) groups excluding carboxylic acids is 2. The van der Waals surface area contributed by atoms with Crippen molar-refractivity contribution >= 4 is 12.0 Å². The highest BCUT2D eigenvalue weighted by atomic mass is 16.6. The van der Waals surface area contributed by atoms with Crippen molar-refractivity contribution in [3.05, 3.63) is 0 Å². The van der Waals surface area contributed by atoms with E-state index in [1.54, 1.807) is 32.7 Å². The van der Waals surface area contributed by atoms with E-state index in [9.17, 15) is 9.59 Å². The van der Waals surface area contributed by atoms with Crippen molar-refractivity contribution in [1.29, 1.82) is 0 Å². The molecular formula is C13H24N2O3. The van der Waals surface area contributed by atoms with E-state index in [0.717, 1.165) is 6.42 Å². The Hall–Kier alpha value is -1.26. The fraction of sp³-hybridized carbons (Fsp3) is 0.846. The van der Waals surface area contributed by atoms with Gasteiger partial charge in [-0.1, -0.05) is 6.92 Å². The van der Waals surface area contributed by atoms with Crippen molar-refractivity contribution in [1.82, 2.24) is 10.2 Å². The molecule has 18 heavy (non-hydrogen) atoms. The van der Waals surface area contributed by atoms with Crippen LogP contribution in [0.1, 0.15) is 41.0 Å². The van der Waals surface area contributed by atoms with Gasteiger partial charge in [-0.15, -0.1) is 0 Å². The Morgan fingerprint density at radius 3 is 2.44 bits per heavy atom. The Bertz CT molecular complexity index is 336. The Morgan fingerprint density at radius 1 is 1.39 bits per heavy atom. The maximum absolute atomic E-state index is 12.1. The molecule has 0 saturated carbocycles. The third-order valence-corrected chi connectivity index (χ3v) is 3.23. The third-order valence-electron chi connectivity index (χ3n) is 3.23. The molecule has 5 nitrogen and oxygen atoms in total. The Kier molecular flexibility index (Phi) is 4.24. The van der Waals surface area contributed by atoms with Crippen LogP contribution in [0.3, 0.4) is 0 Å². The van der Waals surface area contributed by atoms with E-state index < -0.39 is 17.7 Å². The quantitative estimate of drug-likeness (QED) is 0.777. The number of likely N-dealkylation sites (tertiary alicyclic amines) is 1. The zero-order valence-electron chi connectivity index (χ0n) is 12.1. The van der Waals surface area contributed by atoms with Crippen LogP contribution in [-0.2, 0) is 9.53 Å². The molecule has 1 N–H and O–H groups in total. The zero-order chi connectivity index (χ0) is 14.1. The highest BCUT2D eigenvalue weighted by Gasteiger charge is 2.37. The van der Waals surface area contributed by atoms with E-state index in [1.165, 1.54) is 0 Å². The van der Waals surface area contributed by atoms with Crippen molar-refractivity contribution in [2.45, 2.75) is 58.7 Å². The fourth-order valence-electron chi connectivity index (χ4n) is 2.15. The van der Waals surface area contributed by atoms with Crippen LogP contribution in [0.4, 0.5) is 4.79 Å². The average molecular weight is 256 g/mol. The van der Waals surface area contributed by atoms with Gasteiger partial charge < -0.3 is 15.0 Å². The lowest BCUT2D eigenvalue weighted by atomic mass is 9.88. The lowest BCUT2D eigenvalue weighted by Crippen LogP contribution is -2.58. The summed E-state index contributed by atoms with van der Waals surface area (Å²) in [5.41, 5.74) is -0.551. The second-order valence-electron chi connectivity index (χ2n) is 6.14. The minimum absolute atomic E-state index is 0.0490. The summed E-state index contributed by atoms with van der Waals surface area (Å²) in [5, 5.41) is 2.67. The number of amides is 2. The normalized spacial score (nSPS) is 29.1. The Labute approximate surface area is 109 Å². The first-order valence-corrected chi connectivity index (χ1v) is 6.38. The molecule has 0 radical (unpaired) electrons. The number of nitrogens with zero attached hydrogens (tertiary/aromatic N) is 1. The number of piperidine rings is 1. The second-order valence-corrected chi connectivity index (χ2v) is 6.14. The maximum atomic E-state index is 12.1. The number of likely N-dealkylation sites (N-methyl/N-ethyl adjacent to an activating group) is 1. The molecule has 1 rings (SSSR count). The molecule has 3 atom stereocenters. The number of rotatable bonds is 1. The minimum Gasteiger partial charge on any atom is -0.444 e. The van der Waals surface area contributed by atoms with E-state index in [4.69, 9.17) is 4.74 Å². The van der Waals surface area contributed by atoms with E-state index in [-0.39, 0.29) is 17.9 Å². The molecule has 1 saturated heterocycles. The van der Waals surface area contributed by atoms with Crippen molar-refractivity contribution in [3.63, 3.8) is 0 Å². The monoisotopic (exact) mass is 256 g/mol. The lowest BCUT2D eigenvalue weighted by molar-refractivity contribution is -0.139. The van der Waals surface area contributed by atoms with Crippen molar-refractivity contribution in [2.24, 2.45) is 5.92 Å². The summed E-state index contributed by atoms with van der Waals surface area (Å²) >= 11 is 0. The van der Waals surface area contributed by atoms with Crippen LogP contribution in [0.15, 0.2) is 0 Å². The van der Waals surface area contributed by atoms with E-state index >= 15 is 0 Å². The van der Waals surface area contributed by atoms with Gasteiger partial charge in [-0.25, -0.2) is 4.79 Å². The molecule has 0 aromatic carbocycles. The largest absolute Gasteiger partial charge is 0.444 e. The predicted octanol–water partition coefficient (Wildman–Crippen LogP) is 1.77. The van der Waals surface area contributed by atoms with Crippen LogP contribution in [0.2, 0.25) is 0 Å². The molecule has 1 heterocycles. The zero-order valence-corrected chi connectivity index (χ0v) is 12.1. The van der Waals surface area contributed by atoms with Gasteiger partial charge in [0.2, 0.25) is 5.91 Å². The summed E-state index contributed by atoms with van der Waals surface area (Å²) in [4.78, 5) is 25.5. The number of hydrogen-bond acceptors (Lipinski definition) is 3. The summed E-state index contributed by atoms with van der Waals surface area (Å²) in [7, 11) is 1.77. The van der Waals surface area contributed by atoms with Gasteiger partial charge in [0.15, 0.2) is 0 Å². The Morgan fingerprint density at radius 2 is 1.94 bits per heavy atom. The standard InChI is InChI=1S/C13H24N2O3/c1-8-7-9(2)15(6)11(16)10(8)14-12(17)18-13(3,4)5/h8-10H,7H2,1-6H3,(H,14,17). The van der Waals surface area contributed by atoms with Crippen LogP contribution in [-0.4, -0.2) is 41.6 Å². The molecule has 5 heteroatoms. The third kappa shape index (κ3) is 3.62. The molecule has 1 aliphatic rings. The number of ether oxygens (including phenoxy) is 1. The van der Waals surface area contributed by atoms with Crippen LogP contribution >= 0.6 is 0 Å². The summed E-state index contributed by atoms with van der Waals surface area (Å²) in [6.07, 6.45) is 0.346. The maximum Gasteiger partial charge on any atom is 0.408 e. The number of nitrogens with one attached hydrogen (secondary N) is 1. The van der Waals surface area contributed by atoms with Gasteiger partial charge in [0.1, 0.15) is 11.6 Å². The predicted molar refractivity (Wildman–Crippen MR) is 69.2 cm³/mol. The molecular weight excluding hydrogens is 232 g/mol. The van der Waals surface area contributed by atoms with Crippen LogP contribution in [0.5, 0.6) is 0 Å². The lowest BCUT2D eigenvalue weighted by Gasteiger charge is -2.39. The number of carbonyl (C=O) groups is 2. The average Bonchev–Trinajstić information content (AvgIpc) is 2.19. The minimum atomic E-state index is -0.551. The topological polar surface area (TPSA) is 58.6 Å². The van der Waals surface area contributed by atoms with E-state index in [2.05, 4.69) is 5.32 Å². The van der Waals surface area contributed by atoms with E-state index in [1.807, 2.05) is 13.8 Å². The first-order chi connectivity index (χ1) is 8.11. The van der Waals surface area contributed by atoms with Crippen LogP contribution < -0.4 is 5.32 Å². The molecule has 104 valence electrons. The van der Waals surface area contributed by atoms with Gasteiger partial charge in [0.05, 0.1) is 0 Å². The van der Waals surface area contributed by atoms with Gasteiger partial charge in [-0.2, -0.15) is 0 Å². The molecule has 0 bridgehead atoms. The summed E-state index contributed by atoms with van der Waals surface area (Å²) < 4.78 is 5.18. The van der Waals surface area contributed by atoms with Gasteiger partial charge >= 0.3 is 6.09 Å². The summed E-state index contributed by atoms with van der Waals surface area (Å²) in [5.74, 6) is 0.0725. The SMILES string of the molecule is CC1CC(C)N(C)C(=O)C1NC(=O)OC(C)(C)C. The summed E-state index contributed by atoms with van der Waals surface area (Å²) in [6.45, 7) is 9.38. The molecule has 0 spiro atoms. The van der Waals surface area contributed by atoms with Crippen molar-refractivity contribution in [3.8, 4) is 0 Å². The smallest absolute Gasteiger partial charge is 0.408 e. The highest BCUT2D eigenvalue weighted by Crippen LogP contribution is 2.23. The van der Waals surface area contributed by atoms with Gasteiger partial charge in [0, 0.05) is 13.1 Å². The van der Waals surface area contributed by atoms with Gasteiger partial charge in [-0.3, -0.25) is 4.79 Å². The summed E-state index contributed by atoms with van der Waals surface area (Å²) in [6, 6.07) is -0.273. The number of hydrogen-bond donors (Lipinski definition) is 1. The first kappa shape index (κ1) is 14.8. The van der Waals surface area contributed by atoms with Gasteiger partial charge in [-0.05, 0) is 40.0 Å². The molecule has 3 unspecified atom stereocenters. The van der Waals surface area contributed by atoms with Crippen molar-refractivity contribution in [2.75, 3.05) is 7.05 Å². The number of alkyl carbamates (subject to hydrolysis) is 1. The first-order valence-electron chi connectivity index (χ1n) is 6.38. The molecule has 0 aliphatic carbocycles. The van der Waals surface area contributed by atoms with Gasteiger partial charge in [0.25, 0.3) is 0 Å². The molecule has 0 aromatic heterocycles. The van der Waals surface area contributed by atoms with Crippen LogP contribution in [0.25, 0.3) is 0 Å². The second kappa shape index (κ2) is 5.16. The Balaban J connectivity index is 2.66. The van der Waals surface area contributed by atoms with Crippen LogP contribution in [0, 0.1) is 5.92 Å². The van der Waals surface area contributed by atoms with E-state index in [0.29, 0.717) is 0 Å². The molecule has 1 aliphatic heterocycles.